The topological polar surface area (TPSA) is 92.5 Å². The molecule has 1 heterocycles. The summed E-state index contributed by atoms with van der Waals surface area (Å²) in [5.41, 5.74) is 7.84. The third kappa shape index (κ3) is 3.63. The summed E-state index contributed by atoms with van der Waals surface area (Å²) in [6.07, 6.45) is 4.22. The first-order valence-corrected chi connectivity index (χ1v) is 9.93. The van der Waals surface area contributed by atoms with E-state index in [9.17, 15) is 13.2 Å². The first-order valence-electron chi connectivity index (χ1n) is 8.45. The van der Waals surface area contributed by atoms with Gasteiger partial charge in [0.1, 0.15) is 0 Å². The zero-order valence-electron chi connectivity index (χ0n) is 14.0. The number of nitrogens with one attached hydrogen (secondary N) is 1. The molecule has 0 radical (unpaired) electrons. The van der Waals surface area contributed by atoms with Gasteiger partial charge in [-0.3, -0.25) is 4.79 Å². The number of hydrogen-bond acceptors (Lipinski definition) is 4. The Balaban J connectivity index is 1.75. The molecule has 1 aromatic rings. The van der Waals surface area contributed by atoms with Gasteiger partial charge in [0.25, 0.3) is 0 Å². The van der Waals surface area contributed by atoms with Crippen molar-refractivity contribution in [1.29, 1.82) is 0 Å². The number of fused-ring (bicyclic) bond motifs is 1. The predicted molar refractivity (Wildman–Crippen MR) is 92.1 cm³/mol. The van der Waals surface area contributed by atoms with E-state index in [4.69, 9.17) is 5.73 Å². The van der Waals surface area contributed by atoms with E-state index < -0.39 is 10.0 Å². The van der Waals surface area contributed by atoms with E-state index in [1.807, 2.05) is 6.07 Å². The van der Waals surface area contributed by atoms with Crippen LogP contribution in [0.3, 0.4) is 0 Å². The number of rotatable bonds is 4. The minimum absolute atomic E-state index is 0.0612. The highest BCUT2D eigenvalue weighted by molar-refractivity contribution is 7.89. The van der Waals surface area contributed by atoms with Gasteiger partial charge in [-0.15, -0.1) is 0 Å². The van der Waals surface area contributed by atoms with Crippen LogP contribution < -0.4 is 10.5 Å². The van der Waals surface area contributed by atoms with Crippen molar-refractivity contribution in [1.82, 2.24) is 9.62 Å². The molecule has 3 N–H and O–H groups in total. The summed E-state index contributed by atoms with van der Waals surface area (Å²) in [7, 11) is -3.56. The lowest BCUT2D eigenvalue weighted by Gasteiger charge is -2.38. The number of sulfonamides is 1. The quantitative estimate of drug-likeness (QED) is 0.839. The molecule has 0 spiro atoms. The van der Waals surface area contributed by atoms with E-state index in [2.05, 4.69) is 4.72 Å². The average molecular weight is 351 g/mol. The van der Waals surface area contributed by atoms with Crippen molar-refractivity contribution in [2.75, 3.05) is 19.6 Å². The molecule has 0 saturated heterocycles. The van der Waals surface area contributed by atoms with Crippen LogP contribution >= 0.6 is 0 Å². The first-order chi connectivity index (χ1) is 11.3. The van der Waals surface area contributed by atoms with Gasteiger partial charge in [0.2, 0.25) is 15.9 Å². The molecule has 1 amide bonds. The van der Waals surface area contributed by atoms with Crippen molar-refractivity contribution in [2.45, 2.75) is 49.5 Å². The van der Waals surface area contributed by atoms with Crippen molar-refractivity contribution in [3.63, 3.8) is 0 Å². The standard InChI is InChI=1S/C17H25N3O3S/c1-13(21)20-9-5-14-3-4-16(11-15(14)6-10-20)24(22,23)19-12-17(18)7-2-8-17/h3-4,11,19H,2,5-10,12,18H2,1H3. The van der Waals surface area contributed by atoms with Crippen LogP contribution in [-0.2, 0) is 27.7 Å². The summed E-state index contributed by atoms with van der Waals surface area (Å²) in [6, 6.07) is 5.26. The normalized spacial score (nSPS) is 20.0. The van der Waals surface area contributed by atoms with Crippen LogP contribution in [0, 0.1) is 0 Å². The minimum atomic E-state index is -3.56. The molecule has 0 aromatic heterocycles. The summed E-state index contributed by atoms with van der Waals surface area (Å²) in [4.78, 5) is 13.6. The third-order valence-electron chi connectivity index (χ3n) is 5.20. The molecule has 0 unspecified atom stereocenters. The monoisotopic (exact) mass is 351 g/mol. The van der Waals surface area contributed by atoms with Crippen molar-refractivity contribution >= 4 is 15.9 Å². The van der Waals surface area contributed by atoms with Crippen LogP contribution in [0.2, 0.25) is 0 Å². The van der Waals surface area contributed by atoms with E-state index in [-0.39, 0.29) is 22.9 Å². The number of carbonyl (C=O) groups is 1. The largest absolute Gasteiger partial charge is 0.342 e. The molecule has 1 aliphatic heterocycles. The Bertz CT molecular complexity index is 741. The Morgan fingerprint density at radius 1 is 1.25 bits per heavy atom. The Hall–Kier alpha value is -1.44. The van der Waals surface area contributed by atoms with Crippen molar-refractivity contribution in [2.24, 2.45) is 5.73 Å². The lowest BCUT2D eigenvalue weighted by atomic mass is 9.78. The molecule has 7 heteroatoms. The molecule has 0 atom stereocenters. The molecule has 24 heavy (non-hydrogen) atoms. The maximum atomic E-state index is 12.5. The van der Waals surface area contributed by atoms with Crippen LogP contribution in [0.15, 0.2) is 23.1 Å². The van der Waals surface area contributed by atoms with Crippen molar-refractivity contribution in [3.8, 4) is 0 Å². The Morgan fingerprint density at radius 2 is 1.92 bits per heavy atom. The zero-order chi connectivity index (χ0) is 17.4. The van der Waals surface area contributed by atoms with Crippen LogP contribution in [0.5, 0.6) is 0 Å². The number of amides is 1. The van der Waals surface area contributed by atoms with E-state index in [0.29, 0.717) is 19.5 Å². The number of carbonyl (C=O) groups excluding carboxylic acids is 1. The lowest BCUT2D eigenvalue weighted by molar-refractivity contribution is -0.128. The van der Waals surface area contributed by atoms with Crippen LogP contribution in [-0.4, -0.2) is 44.4 Å². The number of nitrogens with two attached hydrogens (primary N) is 1. The van der Waals surface area contributed by atoms with Gasteiger partial charge in [-0.2, -0.15) is 0 Å². The van der Waals surface area contributed by atoms with Crippen LogP contribution in [0.1, 0.15) is 37.3 Å². The maximum Gasteiger partial charge on any atom is 0.240 e. The fraction of sp³-hybridized carbons (Fsp3) is 0.588. The fourth-order valence-electron chi connectivity index (χ4n) is 3.31. The van der Waals surface area contributed by atoms with Crippen molar-refractivity contribution < 1.29 is 13.2 Å². The number of nitrogens with zero attached hydrogens (tertiary/aromatic N) is 1. The zero-order valence-corrected chi connectivity index (χ0v) is 14.9. The SMILES string of the molecule is CC(=O)N1CCc2ccc(S(=O)(=O)NCC3(N)CCC3)cc2CC1. The molecule has 1 aliphatic carbocycles. The van der Waals surface area contributed by atoms with Gasteiger partial charge in [0.15, 0.2) is 0 Å². The Labute approximate surface area is 143 Å². The fourth-order valence-corrected chi connectivity index (χ4v) is 4.50. The molecule has 0 bridgehead atoms. The van der Waals surface area contributed by atoms with Gasteiger partial charge in [-0.25, -0.2) is 13.1 Å². The molecule has 1 fully saturated rings. The average Bonchev–Trinajstić information content (AvgIpc) is 2.73. The van der Waals surface area contributed by atoms with Gasteiger partial charge in [0.05, 0.1) is 4.90 Å². The molecular weight excluding hydrogens is 326 g/mol. The molecular formula is C17H25N3O3S. The first kappa shape index (κ1) is 17.4. The minimum Gasteiger partial charge on any atom is -0.342 e. The van der Waals surface area contributed by atoms with Gasteiger partial charge in [-0.05, 0) is 55.4 Å². The lowest BCUT2D eigenvalue weighted by Crippen LogP contribution is -2.54. The third-order valence-corrected chi connectivity index (χ3v) is 6.60. The highest BCUT2D eigenvalue weighted by Gasteiger charge is 2.33. The Morgan fingerprint density at radius 3 is 2.50 bits per heavy atom. The second kappa shape index (κ2) is 6.46. The Kier molecular flexibility index (Phi) is 4.68. The second-order valence-corrected chi connectivity index (χ2v) is 8.74. The van der Waals surface area contributed by atoms with Crippen molar-refractivity contribution in [3.05, 3.63) is 29.3 Å². The smallest absolute Gasteiger partial charge is 0.240 e. The number of benzene rings is 1. The van der Waals surface area contributed by atoms with Gasteiger partial charge < -0.3 is 10.6 Å². The van der Waals surface area contributed by atoms with E-state index in [1.54, 1.807) is 24.0 Å². The molecule has 3 rings (SSSR count). The van der Waals surface area contributed by atoms with Crippen LogP contribution in [0.4, 0.5) is 0 Å². The second-order valence-electron chi connectivity index (χ2n) is 6.98. The summed E-state index contributed by atoms with van der Waals surface area (Å²) in [5, 5.41) is 0. The highest BCUT2D eigenvalue weighted by Crippen LogP contribution is 2.28. The summed E-state index contributed by atoms with van der Waals surface area (Å²) < 4.78 is 27.7. The predicted octanol–water partition coefficient (Wildman–Crippen LogP) is 0.793. The molecule has 132 valence electrons. The molecule has 6 nitrogen and oxygen atoms in total. The van der Waals surface area contributed by atoms with Crippen LogP contribution in [0.25, 0.3) is 0 Å². The van der Waals surface area contributed by atoms with E-state index in [0.717, 1.165) is 36.8 Å². The summed E-state index contributed by atoms with van der Waals surface area (Å²) in [6.45, 7) is 3.16. The molecule has 1 saturated carbocycles. The molecule has 2 aliphatic rings. The number of hydrogen-bond donors (Lipinski definition) is 2. The van der Waals surface area contributed by atoms with Gasteiger partial charge in [0, 0.05) is 32.1 Å². The van der Waals surface area contributed by atoms with E-state index in [1.165, 1.54) is 0 Å². The van der Waals surface area contributed by atoms with Gasteiger partial charge >= 0.3 is 0 Å². The summed E-state index contributed by atoms with van der Waals surface area (Å²) >= 11 is 0. The maximum absolute atomic E-state index is 12.5. The summed E-state index contributed by atoms with van der Waals surface area (Å²) in [5.74, 6) is 0.0612. The van der Waals surface area contributed by atoms with E-state index >= 15 is 0 Å². The highest BCUT2D eigenvalue weighted by atomic mass is 32.2. The molecule has 1 aromatic carbocycles. The van der Waals surface area contributed by atoms with Gasteiger partial charge in [-0.1, -0.05) is 6.07 Å².